The average molecular weight is 295 g/mol. The molecule has 0 spiro atoms. The molecule has 0 unspecified atom stereocenters. The average Bonchev–Trinajstić information content (AvgIpc) is 2.77. The third kappa shape index (κ3) is 5.04. The molecule has 0 radical (unpaired) electrons. The molecule has 1 aliphatic rings. The van der Waals surface area contributed by atoms with Crippen molar-refractivity contribution in [2.45, 2.75) is 71.2 Å². The number of hydrogen-bond acceptors (Lipinski definition) is 5. The van der Waals surface area contributed by atoms with Gasteiger partial charge in [0.1, 0.15) is 11.4 Å². The lowest BCUT2D eigenvalue weighted by molar-refractivity contribution is 0.0464. The fourth-order valence-corrected chi connectivity index (χ4v) is 2.20. The summed E-state index contributed by atoms with van der Waals surface area (Å²) in [5.41, 5.74) is -0.451. The standard InChI is InChI=1S/C15H25N3O3/c1-5-12-8-17-13(20-12)9-16-10-6-11(7-10)18-14(19)21-15(2,3)4/h8,10-11,16H,5-7,9H2,1-4H3,(H,18,19). The zero-order valence-corrected chi connectivity index (χ0v) is 13.2. The Morgan fingerprint density at radius 1 is 1.43 bits per heavy atom. The summed E-state index contributed by atoms with van der Waals surface area (Å²) in [4.78, 5) is 15.8. The summed E-state index contributed by atoms with van der Waals surface area (Å²) in [5.74, 6) is 1.63. The Kier molecular flexibility index (Phi) is 4.88. The van der Waals surface area contributed by atoms with Gasteiger partial charge in [-0.1, -0.05) is 6.92 Å². The van der Waals surface area contributed by atoms with E-state index in [1.807, 2.05) is 27.7 Å². The number of carbonyl (C=O) groups is 1. The van der Waals surface area contributed by atoms with Crippen LogP contribution in [0.3, 0.4) is 0 Å². The molecule has 0 aliphatic heterocycles. The molecule has 6 nitrogen and oxygen atoms in total. The number of ether oxygens (including phenoxy) is 1. The van der Waals surface area contributed by atoms with E-state index in [1.165, 1.54) is 0 Å². The maximum Gasteiger partial charge on any atom is 0.407 e. The predicted molar refractivity (Wildman–Crippen MR) is 78.9 cm³/mol. The molecule has 0 saturated heterocycles. The van der Waals surface area contributed by atoms with Gasteiger partial charge in [-0.3, -0.25) is 0 Å². The minimum atomic E-state index is -0.451. The maximum atomic E-state index is 11.6. The lowest BCUT2D eigenvalue weighted by Crippen LogP contribution is -2.53. The van der Waals surface area contributed by atoms with Crippen molar-refractivity contribution in [1.82, 2.24) is 15.6 Å². The summed E-state index contributed by atoms with van der Waals surface area (Å²) in [7, 11) is 0. The molecule has 1 heterocycles. The zero-order chi connectivity index (χ0) is 15.5. The van der Waals surface area contributed by atoms with Crippen LogP contribution in [0.25, 0.3) is 0 Å². The van der Waals surface area contributed by atoms with Gasteiger partial charge in [-0.25, -0.2) is 9.78 Å². The molecule has 2 rings (SSSR count). The van der Waals surface area contributed by atoms with Gasteiger partial charge in [0.15, 0.2) is 0 Å². The van der Waals surface area contributed by atoms with Crippen molar-refractivity contribution >= 4 is 6.09 Å². The SMILES string of the molecule is CCc1cnc(CNC2CC(NC(=O)OC(C)(C)C)C2)o1. The minimum absolute atomic E-state index is 0.188. The fraction of sp³-hybridized carbons (Fsp3) is 0.733. The van der Waals surface area contributed by atoms with Gasteiger partial charge in [0.25, 0.3) is 0 Å². The third-order valence-corrected chi connectivity index (χ3v) is 3.35. The summed E-state index contributed by atoms with van der Waals surface area (Å²) in [5, 5.41) is 6.25. The van der Waals surface area contributed by atoms with E-state index in [0.29, 0.717) is 12.6 Å². The smallest absolute Gasteiger partial charge is 0.407 e. The van der Waals surface area contributed by atoms with Crippen LogP contribution in [0, 0.1) is 0 Å². The summed E-state index contributed by atoms with van der Waals surface area (Å²) < 4.78 is 10.8. The van der Waals surface area contributed by atoms with Crippen molar-refractivity contribution in [2.24, 2.45) is 0 Å². The van der Waals surface area contributed by atoms with Gasteiger partial charge in [-0.2, -0.15) is 0 Å². The van der Waals surface area contributed by atoms with Crippen molar-refractivity contribution in [1.29, 1.82) is 0 Å². The van der Waals surface area contributed by atoms with Gasteiger partial charge in [0, 0.05) is 18.5 Å². The van der Waals surface area contributed by atoms with Crippen molar-refractivity contribution in [3.63, 3.8) is 0 Å². The second-order valence-electron chi connectivity index (χ2n) is 6.47. The van der Waals surface area contributed by atoms with Gasteiger partial charge in [-0.05, 0) is 33.6 Å². The van der Waals surface area contributed by atoms with Gasteiger partial charge < -0.3 is 19.8 Å². The molecule has 0 bridgehead atoms. The van der Waals surface area contributed by atoms with Crippen LogP contribution in [0.1, 0.15) is 52.2 Å². The highest BCUT2D eigenvalue weighted by Crippen LogP contribution is 2.21. The van der Waals surface area contributed by atoms with E-state index in [9.17, 15) is 4.79 Å². The number of oxazole rings is 1. The Bertz CT molecular complexity index is 473. The van der Waals surface area contributed by atoms with Crippen molar-refractivity contribution in [3.8, 4) is 0 Å². The zero-order valence-electron chi connectivity index (χ0n) is 13.2. The molecule has 118 valence electrons. The highest BCUT2D eigenvalue weighted by atomic mass is 16.6. The Hall–Kier alpha value is -1.56. The van der Waals surface area contributed by atoms with E-state index in [2.05, 4.69) is 15.6 Å². The molecule has 21 heavy (non-hydrogen) atoms. The second-order valence-corrected chi connectivity index (χ2v) is 6.47. The molecule has 1 amide bonds. The van der Waals surface area contributed by atoms with E-state index in [1.54, 1.807) is 6.20 Å². The summed E-state index contributed by atoms with van der Waals surface area (Å²) in [6.07, 6.45) is 4.09. The predicted octanol–water partition coefficient (Wildman–Crippen LogP) is 2.38. The number of amides is 1. The first-order valence-corrected chi connectivity index (χ1v) is 7.52. The highest BCUT2D eigenvalue weighted by molar-refractivity contribution is 5.68. The Morgan fingerprint density at radius 3 is 2.71 bits per heavy atom. The number of nitrogens with zero attached hydrogens (tertiary/aromatic N) is 1. The van der Waals surface area contributed by atoms with Crippen LogP contribution in [-0.4, -0.2) is 28.8 Å². The Labute approximate surface area is 125 Å². The highest BCUT2D eigenvalue weighted by Gasteiger charge is 2.31. The van der Waals surface area contributed by atoms with Gasteiger partial charge in [0.05, 0.1) is 12.7 Å². The molecule has 0 aromatic carbocycles. The summed E-state index contributed by atoms with van der Waals surface area (Å²) in [6.45, 7) is 8.25. The van der Waals surface area contributed by atoms with E-state index >= 15 is 0 Å². The lowest BCUT2D eigenvalue weighted by atomic mass is 9.87. The molecule has 2 N–H and O–H groups in total. The lowest BCUT2D eigenvalue weighted by Gasteiger charge is -2.36. The quantitative estimate of drug-likeness (QED) is 0.872. The molecule has 1 aromatic rings. The second kappa shape index (κ2) is 6.47. The molecule has 6 heteroatoms. The molecule has 1 saturated carbocycles. The van der Waals surface area contributed by atoms with E-state index in [0.717, 1.165) is 30.9 Å². The number of aryl methyl sites for hydroxylation is 1. The molecular formula is C15H25N3O3. The number of aromatic nitrogens is 1. The largest absolute Gasteiger partial charge is 0.444 e. The molecular weight excluding hydrogens is 270 g/mol. The van der Waals surface area contributed by atoms with Crippen molar-refractivity contribution < 1.29 is 13.9 Å². The first-order valence-electron chi connectivity index (χ1n) is 7.52. The first-order chi connectivity index (χ1) is 9.85. The van der Waals surface area contributed by atoms with E-state index < -0.39 is 5.60 Å². The Balaban J connectivity index is 1.62. The summed E-state index contributed by atoms with van der Waals surface area (Å²) >= 11 is 0. The molecule has 1 aliphatic carbocycles. The number of carbonyl (C=O) groups excluding carboxylic acids is 1. The fourth-order valence-electron chi connectivity index (χ4n) is 2.20. The van der Waals surface area contributed by atoms with Crippen LogP contribution in [0.5, 0.6) is 0 Å². The van der Waals surface area contributed by atoms with Gasteiger partial charge in [0.2, 0.25) is 5.89 Å². The van der Waals surface area contributed by atoms with Crippen LogP contribution in [0.2, 0.25) is 0 Å². The van der Waals surface area contributed by atoms with Crippen LogP contribution in [-0.2, 0) is 17.7 Å². The maximum absolute atomic E-state index is 11.6. The van der Waals surface area contributed by atoms with Crippen molar-refractivity contribution in [2.75, 3.05) is 0 Å². The van der Waals surface area contributed by atoms with Crippen LogP contribution >= 0.6 is 0 Å². The number of hydrogen-bond donors (Lipinski definition) is 2. The Morgan fingerprint density at radius 2 is 2.14 bits per heavy atom. The topological polar surface area (TPSA) is 76.4 Å². The van der Waals surface area contributed by atoms with Crippen LogP contribution < -0.4 is 10.6 Å². The number of rotatable bonds is 5. The third-order valence-electron chi connectivity index (χ3n) is 3.35. The van der Waals surface area contributed by atoms with E-state index in [-0.39, 0.29) is 12.1 Å². The molecule has 0 atom stereocenters. The van der Waals surface area contributed by atoms with Crippen LogP contribution in [0.4, 0.5) is 4.79 Å². The molecule has 1 fully saturated rings. The first kappa shape index (κ1) is 15.8. The van der Waals surface area contributed by atoms with Gasteiger partial charge in [-0.15, -0.1) is 0 Å². The van der Waals surface area contributed by atoms with Crippen molar-refractivity contribution in [3.05, 3.63) is 17.8 Å². The monoisotopic (exact) mass is 295 g/mol. The summed E-state index contributed by atoms with van der Waals surface area (Å²) in [6, 6.07) is 0.579. The molecule has 1 aromatic heterocycles. The van der Waals surface area contributed by atoms with Gasteiger partial charge >= 0.3 is 6.09 Å². The number of nitrogens with one attached hydrogen (secondary N) is 2. The minimum Gasteiger partial charge on any atom is -0.444 e. The number of alkyl carbamates (subject to hydrolysis) is 1. The normalized spacial score (nSPS) is 21.7. The van der Waals surface area contributed by atoms with E-state index in [4.69, 9.17) is 9.15 Å². The van der Waals surface area contributed by atoms with Crippen LogP contribution in [0.15, 0.2) is 10.6 Å².